The predicted octanol–water partition coefficient (Wildman–Crippen LogP) is 0.793. The molecule has 15 heavy (non-hydrogen) atoms. The molecule has 5 nitrogen and oxygen atoms in total. The van der Waals surface area contributed by atoms with Crippen LogP contribution in [0.5, 0.6) is 0 Å². The van der Waals surface area contributed by atoms with Crippen LogP contribution < -0.4 is 5.32 Å². The highest BCUT2D eigenvalue weighted by atomic mass is 16.5. The van der Waals surface area contributed by atoms with Crippen LogP contribution in [-0.2, 0) is 4.74 Å². The summed E-state index contributed by atoms with van der Waals surface area (Å²) in [4.78, 5) is 11.7. The summed E-state index contributed by atoms with van der Waals surface area (Å²) in [5.74, 6) is -0.0742. The van der Waals surface area contributed by atoms with E-state index < -0.39 is 0 Å². The van der Waals surface area contributed by atoms with Crippen LogP contribution in [0.3, 0.4) is 0 Å². The number of carbonyl (C=O) groups excluding carboxylic acids is 1. The zero-order valence-electron chi connectivity index (χ0n) is 9.39. The Morgan fingerprint density at radius 2 is 2.27 bits per heavy atom. The standard InChI is InChI=1S/C10H17N3O2/c1-7-9(8(2)13-12-7)10(14)11-5-4-6-15-3/h4-6H2,1-3H3,(H,11,14)(H,12,13). The van der Waals surface area contributed by atoms with E-state index >= 15 is 0 Å². The van der Waals surface area contributed by atoms with Crippen molar-refractivity contribution in [3.8, 4) is 0 Å². The fourth-order valence-electron chi connectivity index (χ4n) is 1.39. The summed E-state index contributed by atoms with van der Waals surface area (Å²) in [6.07, 6.45) is 0.818. The molecule has 0 radical (unpaired) electrons. The van der Waals surface area contributed by atoms with Crippen LogP contribution in [0, 0.1) is 13.8 Å². The number of ether oxygens (including phenoxy) is 1. The molecule has 0 aromatic carbocycles. The van der Waals surface area contributed by atoms with Gasteiger partial charge in [-0.2, -0.15) is 5.10 Å². The molecule has 0 unspecified atom stereocenters. The minimum Gasteiger partial charge on any atom is -0.385 e. The molecule has 84 valence electrons. The fourth-order valence-corrected chi connectivity index (χ4v) is 1.39. The molecular weight excluding hydrogens is 194 g/mol. The Bertz CT molecular complexity index is 314. The molecule has 0 fully saturated rings. The van der Waals surface area contributed by atoms with E-state index in [-0.39, 0.29) is 5.91 Å². The van der Waals surface area contributed by atoms with E-state index in [0.717, 1.165) is 17.8 Å². The van der Waals surface area contributed by atoms with Gasteiger partial charge in [0.2, 0.25) is 0 Å². The molecule has 5 heteroatoms. The van der Waals surface area contributed by atoms with Gasteiger partial charge in [-0.15, -0.1) is 0 Å². The second-order valence-electron chi connectivity index (χ2n) is 3.41. The third-order valence-electron chi connectivity index (χ3n) is 2.17. The number of aryl methyl sites for hydroxylation is 2. The number of aromatic amines is 1. The monoisotopic (exact) mass is 211 g/mol. The van der Waals surface area contributed by atoms with Crippen molar-refractivity contribution in [3.63, 3.8) is 0 Å². The van der Waals surface area contributed by atoms with Gasteiger partial charge >= 0.3 is 0 Å². The first-order valence-corrected chi connectivity index (χ1v) is 4.95. The first-order valence-electron chi connectivity index (χ1n) is 4.95. The van der Waals surface area contributed by atoms with Gasteiger partial charge in [0.25, 0.3) is 5.91 Å². The number of hydrogen-bond acceptors (Lipinski definition) is 3. The lowest BCUT2D eigenvalue weighted by Gasteiger charge is -2.04. The van der Waals surface area contributed by atoms with Gasteiger partial charge < -0.3 is 10.1 Å². The largest absolute Gasteiger partial charge is 0.385 e. The molecular formula is C10H17N3O2. The number of rotatable bonds is 5. The maximum absolute atomic E-state index is 11.7. The molecule has 0 aliphatic carbocycles. The van der Waals surface area contributed by atoms with E-state index in [0.29, 0.717) is 18.7 Å². The maximum atomic E-state index is 11.7. The second-order valence-corrected chi connectivity index (χ2v) is 3.41. The third-order valence-corrected chi connectivity index (χ3v) is 2.17. The average molecular weight is 211 g/mol. The van der Waals surface area contributed by atoms with Crippen LogP contribution in [0.1, 0.15) is 28.2 Å². The fraction of sp³-hybridized carbons (Fsp3) is 0.600. The number of methoxy groups -OCH3 is 1. The minimum atomic E-state index is -0.0742. The number of H-pyrrole nitrogens is 1. The van der Waals surface area contributed by atoms with E-state index in [1.54, 1.807) is 7.11 Å². The Kier molecular flexibility index (Phi) is 4.30. The van der Waals surface area contributed by atoms with Gasteiger partial charge in [-0.05, 0) is 20.3 Å². The van der Waals surface area contributed by atoms with Crippen molar-refractivity contribution in [1.82, 2.24) is 15.5 Å². The Morgan fingerprint density at radius 1 is 1.53 bits per heavy atom. The van der Waals surface area contributed by atoms with Crippen molar-refractivity contribution in [2.75, 3.05) is 20.3 Å². The lowest BCUT2D eigenvalue weighted by atomic mass is 10.2. The van der Waals surface area contributed by atoms with Gasteiger partial charge in [0, 0.05) is 26.0 Å². The summed E-state index contributed by atoms with van der Waals surface area (Å²) in [6.45, 7) is 4.93. The molecule has 2 N–H and O–H groups in total. The molecule has 0 aliphatic heterocycles. The number of nitrogens with one attached hydrogen (secondary N) is 2. The quantitative estimate of drug-likeness (QED) is 0.708. The number of amides is 1. The van der Waals surface area contributed by atoms with Gasteiger partial charge in [-0.1, -0.05) is 0 Å². The van der Waals surface area contributed by atoms with Gasteiger partial charge in [0.05, 0.1) is 11.3 Å². The highest BCUT2D eigenvalue weighted by molar-refractivity contribution is 5.96. The average Bonchev–Trinajstić information content (AvgIpc) is 2.53. The Hall–Kier alpha value is -1.36. The summed E-state index contributed by atoms with van der Waals surface area (Å²) < 4.78 is 4.89. The highest BCUT2D eigenvalue weighted by Crippen LogP contribution is 2.08. The molecule has 1 heterocycles. The Labute approximate surface area is 89.2 Å². The molecule has 1 rings (SSSR count). The smallest absolute Gasteiger partial charge is 0.255 e. The van der Waals surface area contributed by atoms with E-state index in [1.165, 1.54) is 0 Å². The molecule has 0 atom stereocenters. The number of nitrogens with zero attached hydrogens (tertiary/aromatic N) is 1. The van der Waals surface area contributed by atoms with Crippen molar-refractivity contribution in [1.29, 1.82) is 0 Å². The van der Waals surface area contributed by atoms with E-state index in [2.05, 4.69) is 15.5 Å². The summed E-state index contributed by atoms with van der Waals surface area (Å²) >= 11 is 0. The van der Waals surface area contributed by atoms with Crippen LogP contribution in [0.4, 0.5) is 0 Å². The lowest BCUT2D eigenvalue weighted by molar-refractivity contribution is 0.0947. The molecule has 1 amide bonds. The van der Waals surface area contributed by atoms with E-state index in [9.17, 15) is 4.79 Å². The van der Waals surface area contributed by atoms with Gasteiger partial charge in [-0.25, -0.2) is 0 Å². The van der Waals surface area contributed by atoms with Gasteiger partial charge in [-0.3, -0.25) is 9.89 Å². The first kappa shape index (κ1) is 11.7. The van der Waals surface area contributed by atoms with Crippen LogP contribution in [-0.4, -0.2) is 36.4 Å². The topological polar surface area (TPSA) is 67.0 Å². The minimum absolute atomic E-state index is 0.0742. The highest BCUT2D eigenvalue weighted by Gasteiger charge is 2.13. The second kappa shape index (κ2) is 5.50. The van der Waals surface area contributed by atoms with Crippen molar-refractivity contribution in [2.45, 2.75) is 20.3 Å². The summed E-state index contributed by atoms with van der Waals surface area (Å²) in [7, 11) is 1.65. The zero-order chi connectivity index (χ0) is 11.3. The molecule has 0 bridgehead atoms. The zero-order valence-corrected chi connectivity index (χ0v) is 9.39. The van der Waals surface area contributed by atoms with E-state index in [1.807, 2.05) is 13.8 Å². The summed E-state index contributed by atoms with van der Waals surface area (Å²) in [5.41, 5.74) is 2.18. The van der Waals surface area contributed by atoms with E-state index in [4.69, 9.17) is 4.74 Å². The summed E-state index contributed by atoms with van der Waals surface area (Å²) in [6, 6.07) is 0. The van der Waals surface area contributed by atoms with Crippen LogP contribution in [0.25, 0.3) is 0 Å². The SMILES string of the molecule is COCCCNC(=O)c1c(C)n[nH]c1C. The lowest BCUT2D eigenvalue weighted by Crippen LogP contribution is -2.26. The molecule has 1 aromatic rings. The number of aromatic nitrogens is 2. The number of carbonyl (C=O) groups is 1. The van der Waals surface area contributed by atoms with Crippen molar-refractivity contribution >= 4 is 5.91 Å². The molecule has 0 saturated carbocycles. The van der Waals surface area contributed by atoms with Crippen LogP contribution in [0.15, 0.2) is 0 Å². The van der Waals surface area contributed by atoms with Crippen molar-refractivity contribution < 1.29 is 9.53 Å². The normalized spacial score (nSPS) is 10.3. The predicted molar refractivity (Wildman–Crippen MR) is 56.9 cm³/mol. The van der Waals surface area contributed by atoms with Crippen LogP contribution in [0.2, 0.25) is 0 Å². The van der Waals surface area contributed by atoms with Gasteiger partial charge in [0.1, 0.15) is 0 Å². The Balaban J connectivity index is 2.47. The molecule has 0 saturated heterocycles. The van der Waals surface area contributed by atoms with Crippen LogP contribution >= 0.6 is 0 Å². The van der Waals surface area contributed by atoms with Gasteiger partial charge in [0.15, 0.2) is 0 Å². The maximum Gasteiger partial charge on any atom is 0.255 e. The first-order chi connectivity index (χ1) is 7.16. The van der Waals surface area contributed by atoms with Crippen molar-refractivity contribution in [2.24, 2.45) is 0 Å². The molecule has 1 aromatic heterocycles. The number of hydrogen-bond donors (Lipinski definition) is 2. The molecule has 0 spiro atoms. The molecule has 0 aliphatic rings. The van der Waals surface area contributed by atoms with Crippen molar-refractivity contribution in [3.05, 3.63) is 17.0 Å². The summed E-state index contributed by atoms with van der Waals surface area (Å²) in [5, 5.41) is 9.58. The Morgan fingerprint density at radius 3 is 2.80 bits per heavy atom. The third kappa shape index (κ3) is 3.06.